The molecule has 2 aromatic rings. The Kier molecular flexibility index (Phi) is 3.09. The second-order valence-corrected chi connectivity index (χ2v) is 4.80. The van der Waals surface area contributed by atoms with Crippen LogP contribution in [0.5, 0.6) is 0 Å². The normalized spacial score (nSPS) is 14.0. The van der Waals surface area contributed by atoms with Crippen molar-refractivity contribution in [2.75, 3.05) is 18.9 Å². The average molecular weight is 272 g/mol. The van der Waals surface area contributed by atoms with Gasteiger partial charge in [-0.15, -0.1) is 10.2 Å². The second kappa shape index (κ2) is 4.92. The van der Waals surface area contributed by atoms with E-state index < -0.39 is 0 Å². The number of aromatic nitrogens is 4. The fraction of sp³-hybridized carbons (Fsp3) is 0.385. The van der Waals surface area contributed by atoms with E-state index in [1.165, 1.54) is 0 Å². The van der Waals surface area contributed by atoms with E-state index in [0.29, 0.717) is 24.5 Å². The van der Waals surface area contributed by atoms with Crippen LogP contribution in [0.2, 0.25) is 0 Å². The van der Waals surface area contributed by atoms with Gasteiger partial charge in [0.2, 0.25) is 0 Å². The topological polar surface area (TPSA) is 75.9 Å². The summed E-state index contributed by atoms with van der Waals surface area (Å²) in [6.07, 6.45) is 1.70. The number of hydrogen-bond donors (Lipinski definition) is 1. The number of hydrogen-bond acceptors (Lipinski definition) is 5. The predicted molar refractivity (Wildman–Crippen MR) is 73.3 cm³/mol. The van der Waals surface area contributed by atoms with Crippen LogP contribution in [-0.2, 0) is 13.1 Å². The van der Waals surface area contributed by atoms with Crippen LogP contribution in [0.1, 0.15) is 21.9 Å². The van der Waals surface area contributed by atoms with Gasteiger partial charge in [-0.05, 0) is 19.1 Å². The summed E-state index contributed by atoms with van der Waals surface area (Å²) in [7, 11) is 1.79. The third kappa shape index (κ3) is 2.22. The highest BCUT2D eigenvalue weighted by Gasteiger charge is 2.23. The van der Waals surface area contributed by atoms with Crippen molar-refractivity contribution in [2.24, 2.45) is 0 Å². The first kappa shape index (κ1) is 12.6. The van der Waals surface area contributed by atoms with E-state index in [0.717, 1.165) is 18.1 Å². The minimum Gasteiger partial charge on any atom is -0.373 e. The van der Waals surface area contributed by atoms with Gasteiger partial charge in [-0.3, -0.25) is 4.79 Å². The molecule has 0 atom stereocenters. The van der Waals surface area contributed by atoms with Gasteiger partial charge in [0.25, 0.3) is 5.91 Å². The molecule has 0 fully saturated rings. The van der Waals surface area contributed by atoms with Crippen LogP contribution >= 0.6 is 0 Å². The van der Waals surface area contributed by atoms with Crippen molar-refractivity contribution in [3.63, 3.8) is 0 Å². The standard InChI is InChI=1S/C13H16N6O/c1-9-5-10(6-11(14-2)16-9)13(20)18-3-4-19-8-15-17-12(19)7-18/h5-6,8H,3-4,7H2,1-2H3,(H,14,16). The minimum absolute atomic E-state index is 0.00116. The van der Waals surface area contributed by atoms with Gasteiger partial charge in [-0.25, -0.2) is 4.98 Å². The zero-order valence-electron chi connectivity index (χ0n) is 11.5. The predicted octanol–water partition coefficient (Wildman–Crippen LogP) is 0.679. The van der Waals surface area contributed by atoms with Gasteiger partial charge >= 0.3 is 0 Å². The molecule has 0 saturated carbocycles. The minimum atomic E-state index is 0.00116. The molecule has 1 N–H and O–H groups in total. The summed E-state index contributed by atoms with van der Waals surface area (Å²) in [5.74, 6) is 1.53. The highest BCUT2D eigenvalue weighted by molar-refractivity contribution is 5.95. The fourth-order valence-electron chi connectivity index (χ4n) is 2.34. The van der Waals surface area contributed by atoms with E-state index in [1.807, 2.05) is 17.6 Å². The molecule has 104 valence electrons. The molecule has 3 heterocycles. The number of rotatable bonds is 2. The molecule has 0 radical (unpaired) electrons. The lowest BCUT2D eigenvalue weighted by Crippen LogP contribution is -2.38. The number of nitrogens with zero attached hydrogens (tertiary/aromatic N) is 5. The number of anilines is 1. The van der Waals surface area contributed by atoms with Gasteiger partial charge in [0.15, 0.2) is 5.82 Å². The number of fused-ring (bicyclic) bond motifs is 1. The molecule has 0 saturated heterocycles. The molecule has 3 rings (SSSR count). The Morgan fingerprint density at radius 3 is 3.00 bits per heavy atom. The molecular weight excluding hydrogens is 256 g/mol. The van der Waals surface area contributed by atoms with Crippen molar-refractivity contribution < 1.29 is 4.79 Å². The molecule has 1 aliphatic rings. The molecule has 1 amide bonds. The van der Waals surface area contributed by atoms with Crippen molar-refractivity contribution in [2.45, 2.75) is 20.0 Å². The average Bonchev–Trinajstić information content (AvgIpc) is 2.93. The van der Waals surface area contributed by atoms with Crippen LogP contribution in [0.25, 0.3) is 0 Å². The molecule has 0 unspecified atom stereocenters. The molecule has 0 spiro atoms. The maximum atomic E-state index is 12.6. The molecule has 7 nitrogen and oxygen atoms in total. The Morgan fingerprint density at radius 2 is 2.20 bits per heavy atom. The van der Waals surface area contributed by atoms with E-state index in [2.05, 4.69) is 20.5 Å². The van der Waals surface area contributed by atoms with Gasteiger partial charge < -0.3 is 14.8 Å². The molecule has 0 aliphatic carbocycles. The number of nitrogens with one attached hydrogen (secondary N) is 1. The molecule has 0 bridgehead atoms. The lowest BCUT2D eigenvalue weighted by atomic mass is 10.2. The molecule has 7 heteroatoms. The van der Waals surface area contributed by atoms with Crippen LogP contribution < -0.4 is 5.32 Å². The Bertz CT molecular complexity index is 650. The molecule has 1 aliphatic heterocycles. The number of amides is 1. The zero-order chi connectivity index (χ0) is 14.1. The van der Waals surface area contributed by atoms with E-state index in [-0.39, 0.29) is 5.91 Å². The summed E-state index contributed by atoms with van der Waals surface area (Å²) in [6, 6.07) is 3.58. The summed E-state index contributed by atoms with van der Waals surface area (Å²) >= 11 is 0. The van der Waals surface area contributed by atoms with Gasteiger partial charge in [0.05, 0.1) is 6.54 Å². The summed E-state index contributed by atoms with van der Waals surface area (Å²) in [6.45, 7) is 3.77. The molecule has 0 aromatic carbocycles. The highest BCUT2D eigenvalue weighted by Crippen LogP contribution is 2.16. The summed E-state index contributed by atoms with van der Waals surface area (Å²) in [5.41, 5.74) is 1.47. The van der Waals surface area contributed by atoms with Crippen molar-refractivity contribution in [3.05, 3.63) is 35.5 Å². The van der Waals surface area contributed by atoms with E-state index >= 15 is 0 Å². The van der Waals surface area contributed by atoms with Gasteiger partial charge in [0, 0.05) is 31.4 Å². The Balaban J connectivity index is 1.85. The summed E-state index contributed by atoms with van der Waals surface area (Å²) in [5, 5.41) is 10.9. The van der Waals surface area contributed by atoms with Crippen molar-refractivity contribution in [1.82, 2.24) is 24.6 Å². The Labute approximate surface area is 116 Å². The first-order valence-electron chi connectivity index (χ1n) is 6.50. The summed E-state index contributed by atoms with van der Waals surface area (Å²) < 4.78 is 1.97. The number of carbonyl (C=O) groups is 1. The number of carbonyl (C=O) groups excluding carboxylic acids is 1. The third-order valence-electron chi connectivity index (χ3n) is 3.38. The van der Waals surface area contributed by atoms with E-state index in [4.69, 9.17) is 0 Å². The molecular formula is C13H16N6O. The van der Waals surface area contributed by atoms with Gasteiger partial charge in [-0.2, -0.15) is 0 Å². The highest BCUT2D eigenvalue weighted by atomic mass is 16.2. The van der Waals surface area contributed by atoms with Crippen LogP contribution in [0.15, 0.2) is 18.5 Å². The van der Waals surface area contributed by atoms with E-state index in [9.17, 15) is 4.79 Å². The maximum absolute atomic E-state index is 12.6. The fourth-order valence-corrected chi connectivity index (χ4v) is 2.34. The van der Waals surface area contributed by atoms with Crippen molar-refractivity contribution in [3.8, 4) is 0 Å². The number of aryl methyl sites for hydroxylation is 1. The lowest BCUT2D eigenvalue weighted by Gasteiger charge is -2.27. The van der Waals surface area contributed by atoms with Crippen LogP contribution in [0.3, 0.4) is 0 Å². The zero-order valence-corrected chi connectivity index (χ0v) is 11.5. The summed E-state index contributed by atoms with van der Waals surface area (Å²) in [4.78, 5) is 18.7. The SMILES string of the molecule is CNc1cc(C(=O)N2CCn3cnnc3C2)cc(C)n1. The number of pyridine rings is 1. The molecule has 2 aromatic heterocycles. The van der Waals surface area contributed by atoms with E-state index in [1.54, 1.807) is 24.3 Å². The van der Waals surface area contributed by atoms with Crippen LogP contribution in [0, 0.1) is 6.92 Å². The quantitative estimate of drug-likeness (QED) is 0.870. The monoisotopic (exact) mass is 272 g/mol. The maximum Gasteiger partial charge on any atom is 0.254 e. The largest absolute Gasteiger partial charge is 0.373 e. The lowest BCUT2D eigenvalue weighted by molar-refractivity contribution is 0.0707. The van der Waals surface area contributed by atoms with Crippen LogP contribution in [-0.4, -0.2) is 44.1 Å². The van der Waals surface area contributed by atoms with Gasteiger partial charge in [0.1, 0.15) is 12.1 Å². The first-order valence-corrected chi connectivity index (χ1v) is 6.50. The first-order chi connectivity index (χ1) is 9.67. The smallest absolute Gasteiger partial charge is 0.254 e. The molecule has 20 heavy (non-hydrogen) atoms. The second-order valence-electron chi connectivity index (χ2n) is 4.80. The van der Waals surface area contributed by atoms with Crippen molar-refractivity contribution >= 4 is 11.7 Å². The third-order valence-corrected chi connectivity index (χ3v) is 3.38. The Morgan fingerprint density at radius 1 is 1.35 bits per heavy atom. The van der Waals surface area contributed by atoms with Crippen LogP contribution in [0.4, 0.5) is 5.82 Å². The van der Waals surface area contributed by atoms with Gasteiger partial charge in [-0.1, -0.05) is 0 Å². The van der Waals surface area contributed by atoms with Crippen molar-refractivity contribution in [1.29, 1.82) is 0 Å². The Hall–Kier alpha value is -2.44.